The van der Waals surface area contributed by atoms with Gasteiger partial charge in [0.2, 0.25) is 0 Å². The lowest BCUT2D eigenvalue weighted by Gasteiger charge is -2.42. The van der Waals surface area contributed by atoms with Gasteiger partial charge in [0.05, 0.1) is 4.92 Å². The van der Waals surface area contributed by atoms with Crippen molar-refractivity contribution >= 4 is 5.69 Å². The molecule has 0 aromatic heterocycles. The van der Waals surface area contributed by atoms with Crippen molar-refractivity contribution in [1.29, 1.82) is 0 Å². The Morgan fingerprint density at radius 2 is 2.14 bits per heavy atom. The predicted octanol–water partition coefficient (Wildman–Crippen LogP) is 3.28. The van der Waals surface area contributed by atoms with E-state index in [1.165, 1.54) is 0 Å². The van der Waals surface area contributed by atoms with Crippen molar-refractivity contribution in [3.8, 4) is 0 Å². The summed E-state index contributed by atoms with van der Waals surface area (Å²) in [6.45, 7) is 11.0. The maximum Gasteiger partial charge on any atom is 0.273 e. The fourth-order valence-electron chi connectivity index (χ4n) is 3.21. The Labute approximate surface area is 132 Å². The molecule has 1 unspecified atom stereocenters. The van der Waals surface area contributed by atoms with Crippen LogP contribution in [0.5, 0.6) is 0 Å². The van der Waals surface area contributed by atoms with Gasteiger partial charge in [-0.1, -0.05) is 39.8 Å². The monoisotopic (exact) mass is 305 g/mol. The van der Waals surface area contributed by atoms with E-state index in [0.717, 1.165) is 37.2 Å². The van der Waals surface area contributed by atoms with Crippen LogP contribution in [0, 0.1) is 15.5 Å². The summed E-state index contributed by atoms with van der Waals surface area (Å²) in [6, 6.07) is 5.88. The molecule has 122 valence electrons. The van der Waals surface area contributed by atoms with E-state index >= 15 is 0 Å². The number of hydrogen-bond acceptors (Lipinski definition) is 4. The Morgan fingerprint density at radius 1 is 1.45 bits per heavy atom. The zero-order valence-electron chi connectivity index (χ0n) is 14.0. The molecule has 1 aromatic carbocycles. The summed E-state index contributed by atoms with van der Waals surface area (Å²) >= 11 is 0. The van der Waals surface area contributed by atoms with Crippen LogP contribution in [-0.4, -0.2) is 29.0 Å². The molecule has 0 saturated carbocycles. The molecule has 5 heteroatoms. The summed E-state index contributed by atoms with van der Waals surface area (Å²) < 4.78 is 0. The SMILES string of the molecule is CC(C)c1ccc(CN2CCC(N)C(C)(C)C2)cc1[N+](=O)[O-]. The molecule has 2 rings (SSSR count). The van der Waals surface area contributed by atoms with Gasteiger partial charge in [-0.2, -0.15) is 0 Å². The Balaban J connectivity index is 2.17. The highest BCUT2D eigenvalue weighted by Gasteiger charge is 2.33. The van der Waals surface area contributed by atoms with Crippen LogP contribution in [-0.2, 0) is 6.54 Å². The summed E-state index contributed by atoms with van der Waals surface area (Å²) in [5.74, 6) is 0.154. The summed E-state index contributed by atoms with van der Waals surface area (Å²) in [6.07, 6.45) is 0.971. The quantitative estimate of drug-likeness (QED) is 0.684. The molecule has 0 radical (unpaired) electrons. The van der Waals surface area contributed by atoms with E-state index in [1.807, 2.05) is 26.0 Å². The fraction of sp³-hybridized carbons (Fsp3) is 0.647. The molecule has 2 N–H and O–H groups in total. The molecular weight excluding hydrogens is 278 g/mol. The molecule has 1 fully saturated rings. The zero-order valence-corrected chi connectivity index (χ0v) is 14.0. The van der Waals surface area contributed by atoms with Crippen LogP contribution in [0.25, 0.3) is 0 Å². The lowest BCUT2D eigenvalue weighted by molar-refractivity contribution is -0.385. The fourth-order valence-corrected chi connectivity index (χ4v) is 3.21. The highest BCUT2D eigenvalue weighted by Crippen LogP contribution is 2.31. The molecule has 1 aliphatic rings. The molecule has 0 spiro atoms. The number of benzene rings is 1. The topological polar surface area (TPSA) is 72.4 Å². The Hall–Kier alpha value is -1.46. The second kappa shape index (κ2) is 6.34. The van der Waals surface area contributed by atoms with Crippen molar-refractivity contribution in [2.75, 3.05) is 13.1 Å². The number of likely N-dealkylation sites (tertiary alicyclic amines) is 1. The number of nitro groups is 1. The van der Waals surface area contributed by atoms with Gasteiger partial charge in [-0.05, 0) is 23.3 Å². The molecule has 1 saturated heterocycles. The molecule has 0 bridgehead atoms. The van der Waals surface area contributed by atoms with E-state index in [1.54, 1.807) is 6.07 Å². The molecule has 5 nitrogen and oxygen atoms in total. The molecule has 0 aliphatic carbocycles. The van der Waals surface area contributed by atoms with Gasteiger partial charge in [-0.25, -0.2) is 0 Å². The van der Waals surface area contributed by atoms with E-state index in [2.05, 4.69) is 18.7 Å². The zero-order chi connectivity index (χ0) is 16.5. The number of rotatable bonds is 4. The first-order valence-corrected chi connectivity index (χ1v) is 7.96. The number of nitrogens with zero attached hydrogens (tertiary/aromatic N) is 2. The van der Waals surface area contributed by atoms with Gasteiger partial charge in [-0.15, -0.1) is 0 Å². The number of nitro benzene ring substituents is 1. The van der Waals surface area contributed by atoms with Gasteiger partial charge in [0.1, 0.15) is 0 Å². The molecule has 0 amide bonds. The van der Waals surface area contributed by atoms with Crippen molar-refractivity contribution in [3.05, 3.63) is 39.4 Å². The van der Waals surface area contributed by atoms with Gasteiger partial charge in [0.15, 0.2) is 0 Å². The van der Waals surface area contributed by atoms with Crippen molar-refractivity contribution in [2.24, 2.45) is 11.1 Å². The standard InChI is InChI=1S/C17H27N3O2/c1-12(2)14-6-5-13(9-15(14)20(21)22)10-19-8-7-16(18)17(3,4)11-19/h5-6,9,12,16H,7-8,10-11,18H2,1-4H3. The summed E-state index contributed by atoms with van der Waals surface area (Å²) in [5.41, 5.74) is 8.29. The van der Waals surface area contributed by atoms with Gasteiger partial charge in [-0.3, -0.25) is 15.0 Å². The Morgan fingerprint density at radius 3 is 2.68 bits per heavy atom. The lowest BCUT2D eigenvalue weighted by atomic mass is 9.79. The van der Waals surface area contributed by atoms with Crippen molar-refractivity contribution in [1.82, 2.24) is 4.90 Å². The smallest absolute Gasteiger partial charge is 0.273 e. The van der Waals surface area contributed by atoms with Crippen LogP contribution < -0.4 is 5.73 Å². The maximum atomic E-state index is 11.3. The van der Waals surface area contributed by atoms with Crippen LogP contribution in [0.4, 0.5) is 5.69 Å². The number of hydrogen-bond donors (Lipinski definition) is 1. The van der Waals surface area contributed by atoms with Crippen LogP contribution in [0.1, 0.15) is 51.2 Å². The molecule has 1 atom stereocenters. The summed E-state index contributed by atoms with van der Waals surface area (Å²) in [5, 5.41) is 11.3. The third kappa shape index (κ3) is 3.65. The van der Waals surface area contributed by atoms with Crippen molar-refractivity contribution < 1.29 is 4.92 Å². The average molecular weight is 305 g/mol. The van der Waals surface area contributed by atoms with Gasteiger partial charge in [0, 0.05) is 37.3 Å². The van der Waals surface area contributed by atoms with Crippen LogP contribution >= 0.6 is 0 Å². The Kier molecular flexibility index (Phi) is 4.87. The second-order valence-electron chi connectivity index (χ2n) is 7.40. The minimum atomic E-state index is -0.269. The van der Waals surface area contributed by atoms with E-state index in [4.69, 9.17) is 5.73 Å². The highest BCUT2D eigenvalue weighted by atomic mass is 16.6. The molecule has 1 aliphatic heterocycles. The third-order valence-corrected chi connectivity index (χ3v) is 4.71. The summed E-state index contributed by atoms with van der Waals surface area (Å²) in [4.78, 5) is 13.4. The molecular formula is C17H27N3O2. The predicted molar refractivity (Wildman–Crippen MR) is 88.8 cm³/mol. The highest BCUT2D eigenvalue weighted by molar-refractivity contribution is 5.45. The molecule has 1 heterocycles. The molecule has 22 heavy (non-hydrogen) atoms. The third-order valence-electron chi connectivity index (χ3n) is 4.71. The van der Waals surface area contributed by atoms with Crippen LogP contribution in [0.3, 0.4) is 0 Å². The van der Waals surface area contributed by atoms with E-state index in [0.29, 0.717) is 0 Å². The first-order chi connectivity index (χ1) is 10.2. The second-order valence-corrected chi connectivity index (χ2v) is 7.40. The van der Waals surface area contributed by atoms with Gasteiger partial charge >= 0.3 is 0 Å². The van der Waals surface area contributed by atoms with Crippen LogP contribution in [0.2, 0.25) is 0 Å². The van der Waals surface area contributed by atoms with E-state index in [9.17, 15) is 10.1 Å². The van der Waals surface area contributed by atoms with Crippen molar-refractivity contribution in [2.45, 2.75) is 52.6 Å². The lowest BCUT2D eigenvalue weighted by Crippen LogP contribution is -2.52. The number of nitrogens with two attached hydrogens (primary N) is 1. The first-order valence-electron chi connectivity index (χ1n) is 7.96. The molecule has 1 aromatic rings. The first kappa shape index (κ1) is 16.9. The average Bonchev–Trinajstić information content (AvgIpc) is 2.42. The minimum absolute atomic E-state index is 0.0854. The normalized spacial score (nSPS) is 22.0. The van der Waals surface area contributed by atoms with Gasteiger partial charge in [0.25, 0.3) is 5.69 Å². The largest absolute Gasteiger partial charge is 0.327 e. The van der Waals surface area contributed by atoms with Crippen molar-refractivity contribution in [3.63, 3.8) is 0 Å². The van der Waals surface area contributed by atoms with E-state index < -0.39 is 0 Å². The Bertz CT molecular complexity index is 555. The summed E-state index contributed by atoms with van der Waals surface area (Å²) in [7, 11) is 0. The van der Waals surface area contributed by atoms with E-state index in [-0.39, 0.29) is 28.0 Å². The van der Waals surface area contributed by atoms with Crippen LogP contribution in [0.15, 0.2) is 18.2 Å². The maximum absolute atomic E-state index is 11.3. The van der Waals surface area contributed by atoms with Gasteiger partial charge < -0.3 is 5.73 Å². The minimum Gasteiger partial charge on any atom is -0.327 e. The number of piperidine rings is 1.